The molecule has 1 aliphatic heterocycles. The van der Waals surface area contributed by atoms with Crippen LogP contribution in [0.25, 0.3) is 0 Å². The number of carbonyl (C=O) groups is 2. The second-order valence-electron chi connectivity index (χ2n) is 4.28. The Balaban J connectivity index is 1.91. The molecule has 1 fully saturated rings. The molecule has 1 atom stereocenters. The highest BCUT2D eigenvalue weighted by Gasteiger charge is 2.40. The van der Waals surface area contributed by atoms with E-state index >= 15 is 0 Å². The third-order valence-electron chi connectivity index (χ3n) is 2.78. The highest BCUT2D eigenvalue weighted by Crippen LogP contribution is 2.25. The quantitative estimate of drug-likeness (QED) is 0.778. The van der Waals surface area contributed by atoms with Gasteiger partial charge in [-0.15, -0.1) is 0 Å². The zero-order valence-corrected chi connectivity index (χ0v) is 9.08. The topological polar surface area (TPSA) is 71.3 Å². The summed E-state index contributed by atoms with van der Waals surface area (Å²) in [5.74, 6) is 0.507. The van der Waals surface area contributed by atoms with Crippen molar-refractivity contribution < 1.29 is 14.0 Å². The van der Waals surface area contributed by atoms with E-state index in [1.807, 2.05) is 0 Å². The number of furan rings is 1. The van der Waals surface area contributed by atoms with Crippen LogP contribution in [0, 0.1) is 5.41 Å². The SMILES string of the molecule is CC1(C(=O)NCc2ccco2)CNC(=O)C1. The largest absolute Gasteiger partial charge is 0.467 e. The molecule has 2 amide bonds. The van der Waals surface area contributed by atoms with Crippen molar-refractivity contribution >= 4 is 11.8 Å². The summed E-state index contributed by atoms with van der Waals surface area (Å²) in [6.45, 7) is 2.54. The summed E-state index contributed by atoms with van der Waals surface area (Å²) in [6, 6.07) is 3.56. The summed E-state index contributed by atoms with van der Waals surface area (Å²) >= 11 is 0. The fourth-order valence-electron chi connectivity index (χ4n) is 1.73. The zero-order valence-electron chi connectivity index (χ0n) is 9.08. The lowest BCUT2D eigenvalue weighted by Gasteiger charge is -2.19. The van der Waals surface area contributed by atoms with Crippen LogP contribution in [-0.2, 0) is 16.1 Å². The minimum atomic E-state index is -0.635. The molecule has 0 radical (unpaired) electrons. The molecule has 1 aromatic rings. The van der Waals surface area contributed by atoms with E-state index in [4.69, 9.17) is 4.42 Å². The van der Waals surface area contributed by atoms with Crippen LogP contribution in [0.5, 0.6) is 0 Å². The van der Waals surface area contributed by atoms with E-state index in [0.717, 1.165) is 0 Å². The van der Waals surface area contributed by atoms with Crippen molar-refractivity contribution in [3.05, 3.63) is 24.2 Å². The third kappa shape index (κ3) is 2.08. The van der Waals surface area contributed by atoms with E-state index < -0.39 is 5.41 Å². The van der Waals surface area contributed by atoms with E-state index in [1.165, 1.54) is 0 Å². The Labute approximate surface area is 93.2 Å². The average molecular weight is 222 g/mol. The molecule has 2 N–H and O–H groups in total. The summed E-state index contributed by atoms with van der Waals surface area (Å²) in [7, 11) is 0. The molecule has 1 aromatic heterocycles. The lowest BCUT2D eigenvalue weighted by Crippen LogP contribution is -2.39. The van der Waals surface area contributed by atoms with Gasteiger partial charge in [-0.3, -0.25) is 9.59 Å². The van der Waals surface area contributed by atoms with Crippen molar-refractivity contribution in [1.82, 2.24) is 10.6 Å². The predicted octanol–water partition coefficient (Wildman–Crippen LogP) is 0.422. The lowest BCUT2D eigenvalue weighted by atomic mass is 9.88. The molecule has 5 heteroatoms. The Morgan fingerprint density at radius 2 is 2.50 bits per heavy atom. The van der Waals surface area contributed by atoms with Crippen LogP contribution in [-0.4, -0.2) is 18.4 Å². The van der Waals surface area contributed by atoms with Crippen LogP contribution in [0.4, 0.5) is 0 Å². The van der Waals surface area contributed by atoms with Gasteiger partial charge in [0.1, 0.15) is 5.76 Å². The predicted molar refractivity (Wildman–Crippen MR) is 56.3 cm³/mol. The summed E-state index contributed by atoms with van der Waals surface area (Å²) in [6.07, 6.45) is 1.81. The van der Waals surface area contributed by atoms with E-state index in [1.54, 1.807) is 25.3 Å². The zero-order chi connectivity index (χ0) is 11.6. The first kappa shape index (κ1) is 10.7. The van der Waals surface area contributed by atoms with Crippen LogP contribution >= 0.6 is 0 Å². The molecule has 2 heterocycles. The van der Waals surface area contributed by atoms with Crippen molar-refractivity contribution in [1.29, 1.82) is 0 Å². The van der Waals surface area contributed by atoms with Gasteiger partial charge in [-0.05, 0) is 19.1 Å². The number of carbonyl (C=O) groups excluding carboxylic acids is 2. The molecule has 0 aliphatic carbocycles. The Kier molecular flexibility index (Phi) is 2.68. The van der Waals surface area contributed by atoms with Crippen molar-refractivity contribution in [2.45, 2.75) is 19.9 Å². The molecule has 5 nitrogen and oxygen atoms in total. The van der Waals surface area contributed by atoms with Crippen molar-refractivity contribution in [2.75, 3.05) is 6.54 Å². The molecular formula is C11H14N2O3. The van der Waals surface area contributed by atoms with Crippen molar-refractivity contribution in [3.63, 3.8) is 0 Å². The van der Waals surface area contributed by atoms with Crippen LogP contribution < -0.4 is 10.6 Å². The van der Waals surface area contributed by atoms with Crippen LogP contribution in [0.1, 0.15) is 19.1 Å². The molecule has 1 aliphatic rings. The molecule has 0 spiro atoms. The Morgan fingerprint density at radius 3 is 3.06 bits per heavy atom. The number of hydrogen-bond donors (Lipinski definition) is 2. The van der Waals surface area contributed by atoms with Gasteiger partial charge >= 0.3 is 0 Å². The summed E-state index contributed by atoms with van der Waals surface area (Å²) in [4.78, 5) is 22.9. The van der Waals surface area contributed by atoms with Gasteiger partial charge in [0.05, 0.1) is 18.2 Å². The third-order valence-corrected chi connectivity index (χ3v) is 2.78. The minimum Gasteiger partial charge on any atom is -0.467 e. The Bertz CT molecular complexity index is 399. The molecular weight excluding hydrogens is 208 g/mol. The number of rotatable bonds is 3. The van der Waals surface area contributed by atoms with E-state index in [2.05, 4.69) is 10.6 Å². The number of amides is 2. The lowest BCUT2D eigenvalue weighted by molar-refractivity contribution is -0.131. The maximum atomic E-state index is 11.9. The molecule has 0 bridgehead atoms. The van der Waals surface area contributed by atoms with E-state index in [0.29, 0.717) is 18.8 Å². The first-order valence-electron chi connectivity index (χ1n) is 5.17. The Hall–Kier alpha value is -1.78. The molecule has 2 rings (SSSR count). The highest BCUT2D eigenvalue weighted by atomic mass is 16.3. The molecule has 1 saturated heterocycles. The van der Waals surface area contributed by atoms with Gasteiger partial charge in [0.2, 0.25) is 11.8 Å². The minimum absolute atomic E-state index is 0.0735. The second kappa shape index (κ2) is 4.00. The van der Waals surface area contributed by atoms with Gasteiger partial charge in [0, 0.05) is 13.0 Å². The maximum Gasteiger partial charge on any atom is 0.228 e. The Morgan fingerprint density at radius 1 is 1.69 bits per heavy atom. The van der Waals surface area contributed by atoms with Gasteiger partial charge in [0.25, 0.3) is 0 Å². The number of nitrogens with one attached hydrogen (secondary N) is 2. The van der Waals surface area contributed by atoms with Crippen molar-refractivity contribution in [2.24, 2.45) is 5.41 Å². The summed E-state index contributed by atoms with van der Waals surface area (Å²) in [5.41, 5.74) is -0.635. The maximum absolute atomic E-state index is 11.9. The van der Waals surface area contributed by atoms with Crippen LogP contribution in [0.3, 0.4) is 0 Å². The molecule has 1 unspecified atom stereocenters. The second-order valence-corrected chi connectivity index (χ2v) is 4.28. The van der Waals surface area contributed by atoms with Gasteiger partial charge < -0.3 is 15.1 Å². The van der Waals surface area contributed by atoms with Crippen molar-refractivity contribution in [3.8, 4) is 0 Å². The van der Waals surface area contributed by atoms with Crippen LogP contribution in [0.15, 0.2) is 22.8 Å². The molecule has 86 valence electrons. The molecule has 16 heavy (non-hydrogen) atoms. The monoisotopic (exact) mass is 222 g/mol. The van der Waals surface area contributed by atoms with Crippen LogP contribution in [0.2, 0.25) is 0 Å². The van der Waals surface area contributed by atoms with Gasteiger partial charge in [0.15, 0.2) is 0 Å². The van der Waals surface area contributed by atoms with Gasteiger partial charge in [-0.2, -0.15) is 0 Å². The smallest absolute Gasteiger partial charge is 0.228 e. The summed E-state index contributed by atoms with van der Waals surface area (Å²) in [5, 5.41) is 5.42. The van der Waals surface area contributed by atoms with Gasteiger partial charge in [-0.1, -0.05) is 0 Å². The first-order chi connectivity index (χ1) is 7.60. The molecule has 0 aromatic carbocycles. The van der Waals surface area contributed by atoms with E-state index in [-0.39, 0.29) is 18.2 Å². The fourth-order valence-corrected chi connectivity index (χ4v) is 1.73. The number of hydrogen-bond acceptors (Lipinski definition) is 3. The average Bonchev–Trinajstić information content (AvgIpc) is 2.85. The fraction of sp³-hybridized carbons (Fsp3) is 0.455. The van der Waals surface area contributed by atoms with E-state index in [9.17, 15) is 9.59 Å². The highest BCUT2D eigenvalue weighted by molar-refractivity contribution is 5.92. The normalized spacial score (nSPS) is 24.2. The first-order valence-corrected chi connectivity index (χ1v) is 5.17. The molecule has 0 saturated carbocycles. The summed E-state index contributed by atoms with van der Waals surface area (Å²) < 4.78 is 5.10. The standard InChI is InChI=1S/C11H14N2O3/c1-11(5-9(14)13-7-11)10(15)12-6-8-3-2-4-16-8/h2-4H,5-7H2,1H3,(H,12,15)(H,13,14). The van der Waals surface area contributed by atoms with Gasteiger partial charge in [-0.25, -0.2) is 0 Å².